The predicted molar refractivity (Wildman–Crippen MR) is 75.3 cm³/mol. The number of sulfonamides is 1. The molecule has 0 saturated carbocycles. The van der Waals surface area contributed by atoms with Crippen molar-refractivity contribution in [2.75, 3.05) is 33.5 Å². The van der Waals surface area contributed by atoms with E-state index in [-0.39, 0.29) is 18.1 Å². The van der Waals surface area contributed by atoms with Gasteiger partial charge in [-0.2, -0.15) is 0 Å². The number of rotatable bonds is 10. The van der Waals surface area contributed by atoms with Crippen molar-refractivity contribution >= 4 is 10.0 Å². The maximum atomic E-state index is 12.0. The highest BCUT2D eigenvalue weighted by Crippen LogP contribution is 2.15. The summed E-state index contributed by atoms with van der Waals surface area (Å²) in [7, 11) is -1.86. The largest absolute Gasteiger partial charge is 0.491 e. The topological polar surface area (TPSA) is 84.9 Å². The summed E-state index contributed by atoms with van der Waals surface area (Å²) in [5, 5.41) is 8.63. The Balaban J connectivity index is 2.50. The van der Waals surface area contributed by atoms with Crippen LogP contribution in [-0.4, -0.2) is 47.0 Å². The smallest absolute Gasteiger partial charge is 0.240 e. The number of aliphatic hydroxyl groups excluding tert-OH is 1. The molecular weight excluding hydrogens is 282 g/mol. The zero-order valence-corrected chi connectivity index (χ0v) is 12.4. The van der Waals surface area contributed by atoms with Gasteiger partial charge >= 0.3 is 0 Å². The van der Waals surface area contributed by atoms with E-state index >= 15 is 0 Å². The molecule has 0 radical (unpaired) electrons. The van der Waals surface area contributed by atoms with Crippen LogP contribution in [0.15, 0.2) is 29.2 Å². The van der Waals surface area contributed by atoms with E-state index in [0.717, 1.165) is 12.8 Å². The zero-order chi connectivity index (χ0) is 14.8. The third-order valence-electron chi connectivity index (χ3n) is 2.56. The van der Waals surface area contributed by atoms with E-state index in [1.165, 1.54) is 12.1 Å². The molecule has 20 heavy (non-hydrogen) atoms. The van der Waals surface area contributed by atoms with Gasteiger partial charge in [0.25, 0.3) is 0 Å². The quantitative estimate of drug-likeness (QED) is 0.623. The van der Waals surface area contributed by atoms with Crippen LogP contribution in [0.25, 0.3) is 0 Å². The minimum absolute atomic E-state index is 0.0803. The molecule has 0 spiro atoms. The molecule has 1 aromatic carbocycles. The molecule has 0 aliphatic heterocycles. The average molecular weight is 303 g/mol. The first-order chi connectivity index (χ1) is 9.60. The standard InChI is InChI=1S/C13H21NO5S/c1-18-10-3-2-8-14-20(16,17)13-6-4-12(5-7-13)19-11-9-15/h4-7,14-15H,2-3,8-11H2,1H3. The summed E-state index contributed by atoms with van der Waals surface area (Å²) in [4.78, 5) is 0.195. The van der Waals surface area contributed by atoms with E-state index in [1.54, 1.807) is 19.2 Å². The highest BCUT2D eigenvalue weighted by molar-refractivity contribution is 7.89. The Morgan fingerprint density at radius 1 is 1.15 bits per heavy atom. The first-order valence-electron chi connectivity index (χ1n) is 6.42. The molecular formula is C13H21NO5S. The number of aliphatic hydroxyl groups is 1. The molecule has 0 aromatic heterocycles. The third kappa shape index (κ3) is 5.87. The molecule has 7 heteroatoms. The third-order valence-corrected chi connectivity index (χ3v) is 4.04. The summed E-state index contributed by atoms with van der Waals surface area (Å²) >= 11 is 0. The number of ether oxygens (including phenoxy) is 2. The van der Waals surface area contributed by atoms with Gasteiger partial charge in [0, 0.05) is 20.3 Å². The van der Waals surface area contributed by atoms with Crippen molar-refractivity contribution in [3.05, 3.63) is 24.3 Å². The van der Waals surface area contributed by atoms with Gasteiger partial charge in [-0.3, -0.25) is 0 Å². The maximum Gasteiger partial charge on any atom is 0.240 e. The minimum Gasteiger partial charge on any atom is -0.491 e. The second-order valence-corrected chi connectivity index (χ2v) is 5.91. The van der Waals surface area contributed by atoms with Crippen LogP contribution in [0.3, 0.4) is 0 Å². The molecule has 6 nitrogen and oxygen atoms in total. The number of hydrogen-bond donors (Lipinski definition) is 2. The van der Waals surface area contributed by atoms with Gasteiger partial charge in [-0.1, -0.05) is 0 Å². The van der Waals surface area contributed by atoms with E-state index in [4.69, 9.17) is 14.6 Å². The van der Waals surface area contributed by atoms with Crippen molar-refractivity contribution < 1.29 is 23.0 Å². The fraction of sp³-hybridized carbons (Fsp3) is 0.538. The molecule has 1 aromatic rings. The summed E-state index contributed by atoms with van der Waals surface area (Å²) < 4.78 is 36.5. The Labute approximate surface area is 119 Å². The van der Waals surface area contributed by atoms with Gasteiger partial charge in [-0.15, -0.1) is 0 Å². The van der Waals surface area contributed by atoms with Crippen LogP contribution in [0.1, 0.15) is 12.8 Å². The number of methoxy groups -OCH3 is 1. The summed E-state index contributed by atoms with van der Waals surface area (Å²) in [6, 6.07) is 6.08. The molecule has 0 fully saturated rings. The fourth-order valence-corrected chi connectivity index (χ4v) is 2.61. The molecule has 1 rings (SSSR count). The summed E-state index contributed by atoms with van der Waals surface area (Å²) in [6.45, 7) is 1.11. The van der Waals surface area contributed by atoms with Crippen molar-refractivity contribution in [1.82, 2.24) is 4.72 Å². The molecule has 0 saturated heterocycles. The van der Waals surface area contributed by atoms with Gasteiger partial charge < -0.3 is 14.6 Å². The fourth-order valence-electron chi connectivity index (χ4n) is 1.54. The SMILES string of the molecule is COCCCCNS(=O)(=O)c1ccc(OCCO)cc1. The van der Waals surface area contributed by atoms with Crippen LogP contribution < -0.4 is 9.46 Å². The number of nitrogens with one attached hydrogen (secondary N) is 1. The van der Waals surface area contributed by atoms with Crippen LogP contribution in [0.5, 0.6) is 5.75 Å². The number of hydrogen-bond acceptors (Lipinski definition) is 5. The average Bonchev–Trinajstić information content (AvgIpc) is 2.45. The second kappa shape index (κ2) is 8.91. The summed E-state index contributed by atoms with van der Waals surface area (Å²) in [6.07, 6.45) is 1.54. The molecule has 0 bridgehead atoms. The van der Waals surface area contributed by atoms with Crippen molar-refractivity contribution in [1.29, 1.82) is 0 Å². The van der Waals surface area contributed by atoms with Crippen LogP contribution in [0, 0.1) is 0 Å². The zero-order valence-electron chi connectivity index (χ0n) is 11.5. The molecule has 2 N–H and O–H groups in total. The first kappa shape index (κ1) is 16.9. The van der Waals surface area contributed by atoms with E-state index in [9.17, 15) is 8.42 Å². The molecule has 0 amide bonds. The highest BCUT2D eigenvalue weighted by atomic mass is 32.2. The van der Waals surface area contributed by atoms with E-state index in [1.807, 2.05) is 0 Å². The predicted octanol–water partition coefficient (Wildman–Crippen LogP) is 0.763. The van der Waals surface area contributed by atoms with E-state index < -0.39 is 10.0 Å². The Morgan fingerprint density at radius 2 is 1.85 bits per heavy atom. The van der Waals surface area contributed by atoms with E-state index in [0.29, 0.717) is 18.9 Å². The maximum absolute atomic E-state index is 12.0. The molecule has 114 valence electrons. The van der Waals surface area contributed by atoms with Crippen molar-refractivity contribution in [2.24, 2.45) is 0 Å². The van der Waals surface area contributed by atoms with Gasteiger partial charge in [0.15, 0.2) is 0 Å². The lowest BCUT2D eigenvalue weighted by atomic mass is 10.3. The Morgan fingerprint density at radius 3 is 2.45 bits per heavy atom. The van der Waals surface area contributed by atoms with Crippen LogP contribution >= 0.6 is 0 Å². The van der Waals surface area contributed by atoms with Crippen LogP contribution in [0.2, 0.25) is 0 Å². The summed E-state index contributed by atoms with van der Waals surface area (Å²) in [5.41, 5.74) is 0. The van der Waals surface area contributed by atoms with Gasteiger partial charge in [0.2, 0.25) is 10.0 Å². The molecule has 0 atom stereocenters. The van der Waals surface area contributed by atoms with Crippen LogP contribution in [-0.2, 0) is 14.8 Å². The Kier molecular flexibility index (Phi) is 7.53. The lowest BCUT2D eigenvalue weighted by molar-refractivity contribution is 0.193. The monoisotopic (exact) mass is 303 g/mol. The van der Waals surface area contributed by atoms with Crippen molar-refractivity contribution in [2.45, 2.75) is 17.7 Å². The first-order valence-corrected chi connectivity index (χ1v) is 7.91. The molecule has 0 aliphatic carbocycles. The normalized spacial score (nSPS) is 11.5. The molecule has 0 heterocycles. The number of unbranched alkanes of at least 4 members (excludes halogenated alkanes) is 1. The van der Waals surface area contributed by atoms with E-state index in [2.05, 4.69) is 4.72 Å². The minimum atomic E-state index is -3.48. The highest BCUT2D eigenvalue weighted by Gasteiger charge is 2.12. The summed E-state index contributed by atoms with van der Waals surface area (Å²) in [5.74, 6) is 0.526. The Hall–Kier alpha value is -1.15. The van der Waals surface area contributed by atoms with Crippen LogP contribution in [0.4, 0.5) is 0 Å². The Bertz CT molecular complexity index is 472. The van der Waals surface area contributed by atoms with Gasteiger partial charge in [0.05, 0.1) is 11.5 Å². The van der Waals surface area contributed by atoms with Gasteiger partial charge in [-0.25, -0.2) is 13.1 Å². The molecule has 0 unspecified atom stereocenters. The van der Waals surface area contributed by atoms with Gasteiger partial charge in [-0.05, 0) is 37.1 Å². The van der Waals surface area contributed by atoms with Crippen molar-refractivity contribution in [3.8, 4) is 5.75 Å². The molecule has 0 aliphatic rings. The lowest BCUT2D eigenvalue weighted by Gasteiger charge is -2.08. The lowest BCUT2D eigenvalue weighted by Crippen LogP contribution is -2.24. The second-order valence-electron chi connectivity index (χ2n) is 4.14. The number of benzene rings is 1. The van der Waals surface area contributed by atoms with Gasteiger partial charge in [0.1, 0.15) is 12.4 Å². The van der Waals surface area contributed by atoms with Crippen molar-refractivity contribution in [3.63, 3.8) is 0 Å².